The van der Waals surface area contributed by atoms with Gasteiger partial charge in [0.25, 0.3) is 0 Å². The Bertz CT molecular complexity index is 476. The largest absolute Gasteiger partial charge is 0.493 e. The van der Waals surface area contributed by atoms with Gasteiger partial charge in [-0.25, -0.2) is 0 Å². The summed E-state index contributed by atoms with van der Waals surface area (Å²) in [6.07, 6.45) is 1.73. The molecule has 1 radical (unpaired) electrons. The number of ether oxygens (including phenoxy) is 3. The van der Waals surface area contributed by atoms with Crippen LogP contribution in [0.2, 0.25) is 0 Å². The highest BCUT2D eigenvalue weighted by Gasteiger charge is 2.16. The zero-order valence-corrected chi connectivity index (χ0v) is 8.88. The molecule has 0 bridgehead atoms. The Balaban J connectivity index is 2.78. The molecule has 1 heterocycles. The van der Waals surface area contributed by atoms with Gasteiger partial charge < -0.3 is 19.2 Å². The molecule has 0 spiro atoms. The van der Waals surface area contributed by atoms with E-state index in [1.54, 1.807) is 27.5 Å². The average Bonchev–Trinajstić information content (AvgIpc) is 2.73. The lowest BCUT2D eigenvalue weighted by molar-refractivity contribution is 0.327. The second-order valence-electron chi connectivity index (χ2n) is 3.00. The molecule has 79 valence electrons. The first kappa shape index (κ1) is 9.71. The topological polar surface area (TPSA) is 43.5 Å². The Hall–Kier alpha value is -1.84. The van der Waals surface area contributed by atoms with Crippen molar-refractivity contribution < 1.29 is 14.2 Å². The molecule has 0 saturated heterocycles. The lowest BCUT2D eigenvalue weighted by Crippen LogP contribution is -1.95. The Labute approximate surface area is 87.8 Å². The Morgan fingerprint density at radius 2 is 1.80 bits per heavy atom. The minimum Gasteiger partial charge on any atom is -0.493 e. The van der Waals surface area contributed by atoms with Gasteiger partial charge in [-0.15, -0.1) is 0 Å². The molecule has 1 aromatic heterocycles. The van der Waals surface area contributed by atoms with Crippen LogP contribution in [0.1, 0.15) is 0 Å². The molecule has 2 aromatic rings. The van der Waals surface area contributed by atoms with Crippen LogP contribution in [0.15, 0.2) is 12.3 Å². The van der Waals surface area contributed by atoms with E-state index in [4.69, 9.17) is 14.2 Å². The third-order valence-corrected chi connectivity index (χ3v) is 2.27. The van der Waals surface area contributed by atoms with E-state index < -0.39 is 0 Å². The molecule has 4 nitrogen and oxygen atoms in total. The smallest absolute Gasteiger partial charge is 0.205 e. The number of aromatic amines is 1. The molecule has 0 saturated carbocycles. The molecular weight excluding hydrogens is 194 g/mol. The third-order valence-electron chi connectivity index (χ3n) is 2.27. The SMILES string of the molecule is COc1cc2[c]c[nH]c2c(OC)c1OC. The van der Waals surface area contributed by atoms with Crippen LogP contribution in [-0.2, 0) is 0 Å². The van der Waals surface area contributed by atoms with Crippen LogP contribution < -0.4 is 14.2 Å². The van der Waals surface area contributed by atoms with E-state index in [0.717, 1.165) is 10.9 Å². The molecule has 1 N–H and O–H groups in total. The molecule has 4 heteroatoms. The zero-order valence-electron chi connectivity index (χ0n) is 8.88. The number of benzene rings is 1. The van der Waals surface area contributed by atoms with E-state index in [1.807, 2.05) is 6.07 Å². The number of methoxy groups -OCH3 is 3. The molecular formula is C11H12NO3. The molecule has 0 aliphatic rings. The molecule has 0 fully saturated rings. The highest BCUT2D eigenvalue weighted by molar-refractivity contribution is 5.89. The van der Waals surface area contributed by atoms with Gasteiger partial charge in [0, 0.05) is 17.6 Å². The van der Waals surface area contributed by atoms with E-state index in [9.17, 15) is 0 Å². The quantitative estimate of drug-likeness (QED) is 0.835. The highest BCUT2D eigenvalue weighted by Crippen LogP contribution is 2.42. The molecule has 0 atom stereocenters. The van der Waals surface area contributed by atoms with Gasteiger partial charge in [-0.3, -0.25) is 0 Å². The van der Waals surface area contributed by atoms with Crippen LogP contribution in [0.3, 0.4) is 0 Å². The van der Waals surface area contributed by atoms with Crippen molar-refractivity contribution in [1.29, 1.82) is 0 Å². The summed E-state index contributed by atoms with van der Waals surface area (Å²) in [5.74, 6) is 1.86. The maximum absolute atomic E-state index is 5.29. The molecule has 0 aliphatic heterocycles. The van der Waals surface area contributed by atoms with E-state index in [1.165, 1.54) is 0 Å². The van der Waals surface area contributed by atoms with Crippen molar-refractivity contribution in [3.8, 4) is 17.2 Å². The first-order chi connectivity index (χ1) is 7.31. The lowest BCUT2D eigenvalue weighted by Gasteiger charge is -2.12. The fourth-order valence-electron chi connectivity index (χ4n) is 1.60. The monoisotopic (exact) mass is 206 g/mol. The third kappa shape index (κ3) is 1.38. The summed E-state index contributed by atoms with van der Waals surface area (Å²) in [5.41, 5.74) is 0.857. The Morgan fingerprint density at radius 1 is 1.07 bits per heavy atom. The number of H-pyrrole nitrogens is 1. The molecule has 2 rings (SSSR count). The highest BCUT2D eigenvalue weighted by atomic mass is 16.5. The van der Waals surface area contributed by atoms with Gasteiger partial charge in [0.15, 0.2) is 11.5 Å². The second kappa shape index (κ2) is 3.73. The molecule has 0 amide bonds. The maximum atomic E-state index is 5.29. The minimum atomic E-state index is 0.586. The number of rotatable bonds is 3. The van der Waals surface area contributed by atoms with Crippen molar-refractivity contribution in [2.75, 3.05) is 21.3 Å². The fraction of sp³-hybridized carbons (Fsp3) is 0.273. The van der Waals surface area contributed by atoms with Gasteiger partial charge in [-0.2, -0.15) is 0 Å². The fourth-order valence-corrected chi connectivity index (χ4v) is 1.60. The summed E-state index contributed by atoms with van der Waals surface area (Å²) in [6, 6.07) is 4.90. The summed E-state index contributed by atoms with van der Waals surface area (Å²) in [7, 11) is 4.77. The van der Waals surface area contributed by atoms with Gasteiger partial charge in [0.1, 0.15) is 0 Å². The molecule has 0 unspecified atom stereocenters. The Kier molecular flexibility index (Phi) is 2.41. The van der Waals surface area contributed by atoms with Gasteiger partial charge in [-0.05, 0) is 6.07 Å². The number of hydrogen-bond acceptors (Lipinski definition) is 3. The first-order valence-corrected chi connectivity index (χ1v) is 4.49. The summed E-state index contributed by atoms with van der Waals surface area (Å²) in [4.78, 5) is 3.05. The minimum absolute atomic E-state index is 0.586. The van der Waals surface area contributed by atoms with Crippen molar-refractivity contribution in [1.82, 2.24) is 4.98 Å². The second-order valence-corrected chi connectivity index (χ2v) is 3.00. The Morgan fingerprint density at radius 3 is 2.40 bits per heavy atom. The molecule has 1 aromatic carbocycles. The standard InChI is InChI=1S/C11H12NO3/c1-13-8-6-7-4-5-12-9(7)11(15-3)10(8)14-2/h5-6,12H,1-3H3. The number of nitrogens with one attached hydrogen (secondary N) is 1. The van der Waals surface area contributed by atoms with E-state index >= 15 is 0 Å². The normalized spacial score (nSPS) is 10.3. The molecule has 0 aliphatic carbocycles. The summed E-state index contributed by atoms with van der Waals surface area (Å²) >= 11 is 0. The van der Waals surface area contributed by atoms with Crippen molar-refractivity contribution in [3.05, 3.63) is 18.3 Å². The van der Waals surface area contributed by atoms with Gasteiger partial charge in [0.05, 0.1) is 26.8 Å². The van der Waals surface area contributed by atoms with E-state index in [2.05, 4.69) is 11.1 Å². The first-order valence-electron chi connectivity index (χ1n) is 4.49. The number of hydrogen-bond donors (Lipinski definition) is 1. The van der Waals surface area contributed by atoms with Crippen LogP contribution >= 0.6 is 0 Å². The maximum Gasteiger partial charge on any atom is 0.205 e. The number of aromatic nitrogens is 1. The van der Waals surface area contributed by atoms with Gasteiger partial charge in [0.2, 0.25) is 5.75 Å². The van der Waals surface area contributed by atoms with Crippen LogP contribution in [0.25, 0.3) is 10.9 Å². The predicted octanol–water partition coefficient (Wildman–Crippen LogP) is 1.99. The van der Waals surface area contributed by atoms with E-state index in [0.29, 0.717) is 17.2 Å². The summed E-state index contributed by atoms with van der Waals surface area (Å²) in [6.45, 7) is 0. The van der Waals surface area contributed by atoms with Crippen molar-refractivity contribution in [2.24, 2.45) is 0 Å². The van der Waals surface area contributed by atoms with Crippen molar-refractivity contribution in [3.63, 3.8) is 0 Å². The van der Waals surface area contributed by atoms with Crippen LogP contribution in [0.5, 0.6) is 17.2 Å². The van der Waals surface area contributed by atoms with Gasteiger partial charge >= 0.3 is 0 Å². The predicted molar refractivity (Wildman–Crippen MR) is 56.8 cm³/mol. The van der Waals surface area contributed by atoms with Crippen molar-refractivity contribution >= 4 is 10.9 Å². The average molecular weight is 206 g/mol. The summed E-state index contributed by atoms with van der Waals surface area (Å²) < 4.78 is 15.8. The number of fused-ring (bicyclic) bond motifs is 1. The van der Waals surface area contributed by atoms with Gasteiger partial charge in [-0.1, -0.05) is 0 Å². The molecule has 15 heavy (non-hydrogen) atoms. The van der Waals surface area contributed by atoms with Crippen LogP contribution in [0.4, 0.5) is 0 Å². The van der Waals surface area contributed by atoms with E-state index in [-0.39, 0.29) is 0 Å². The van der Waals surface area contributed by atoms with Crippen LogP contribution in [-0.4, -0.2) is 26.3 Å². The zero-order chi connectivity index (χ0) is 10.8. The lowest BCUT2D eigenvalue weighted by atomic mass is 10.2. The summed E-state index contributed by atoms with van der Waals surface area (Å²) in [5, 5.41) is 0.907. The van der Waals surface area contributed by atoms with Crippen LogP contribution in [0, 0.1) is 6.07 Å². The van der Waals surface area contributed by atoms with Crippen molar-refractivity contribution in [2.45, 2.75) is 0 Å².